The number of rotatable bonds is 1. The van der Waals surface area contributed by atoms with Crippen LogP contribution in [0.25, 0.3) is 0 Å². The zero-order valence-electron chi connectivity index (χ0n) is 9.00. The third kappa shape index (κ3) is 2.70. The molecule has 2 N–H and O–H groups in total. The molecule has 6 heteroatoms. The third-order valence-electron chi connectivity index (χ3n) is 2.64. The van der Waals surface area contributed by atoms with E-state index in [0.717, 1.165) is 19.6 Å². The number of aromatic amines is 1. The van der Waals surface area contributed by atoms with Crippen molar-refractivity contribution in [3.63, 3.8) is 0 Å². The van der Waals surface area contributed by atoms with E-state index in [9.17, 15) is 4.79 Å². The number of nitrogens with zero attached hydrogens (tertiary/aromatic N) is 1. The normalized spacial score (nSPS) is 20.4. The summed E-state index contributed by atoms with van der Waals surface area (Å²) in [6.45, 7) is 4.48. The summed E-state index contributed by atoms with van der Waals surface area (Å²) in [6, 6.07) is 1.90. The maximum absolute atomic E-state index is 12.0. The van der Waals surface area contributed by atoms with Gasteiger partial charge in [0, 0.05) is 31.9 Å². The van der Waals surface area contributed by atoms with Crippen molar-refractivity contribution in [2.45, 2.75) is 13.0 Å². The Hall–Kier alpha value is -0.710. The molecular formula is C10H15Cl2N3O. The van der Waals surface area contributed by atoms with E-state index >= 15 is 0 Å². The van der Waals surface area contributed by atoms with Crippen molar-refractivity contribution in [3.05, 3.63) is 23.0 Å². The summed E-state index contributed by atoms with van der Waals surface area (Å²) in [7, 11) is 0. The van der Waals surface area contributed by atoms with Crippen molar-refractivity contribution in [2.75, 3.05) is 19.6 Å². The summed E-state index contributed by atoms with van der Waals surface area (Å²) >= 11 is 5.77. The van der Waals surface area contributed by atoms with Crippen molar-refractivity contribution < 1.29 is 4.79 Å². The monoisotopic (exact) mass is 263 g/mol. The molecule has 1 aromatic heterocycles. The minimum absolute atomic E-state index is 0. The van der Waals surface area contributed by atoms with Crippen molar-refractivity contribution in [2.24, 2.45) is 0 Å². The molecule has 4 nitrogen and oxygen atoms in total. The number of aromatic nitrogens is 1. The van der Waals surface area contributed by atoms with Gasteiger partial charge in [-0.1, -0.05) is 11.6 Å². The Kier molecular flexibility index (Phi) is 4.65. The van der Waals surface area contributed by atoms with Crippen LogP contribution in [0.5, 0.6) is 0 Å². The topological polar surface area (TPSA) is 48.1 Å². The lowest BCUT2D eigenvalue weighted by molar-refractivity contribution is 0.0650. The zero-order valence-corrected chi connectivity index (χ0v) is 10.6. The molecule has 1 aliphatic heterocycles. The van der Waals surface area contributed by atoms with E-state index < -0.39 is 0 Å². The van der Waals surface area contributed by atoms with Gasteiger partial charge >= 0.3 is 0 Å². The van der Waals surface area contributed by atoms with Crippen molar-refractivity contribution in [3.8, 4) is 0 Å². The second kappa shape index (κ2) is 5.57. The van der Waals surface area contributed by atoms with E-state index in [2.05, 4.69) is 10.3 Å². The van der Waals surface area contributed by atoms with Crippen LogP contribution in [0.4, 0.5) is 0 Å². The lowest BCUT2D eigenvalue weighted by atomic mass is 10.2. The predicted molar refractivity (Wildman–Crippen MR) is 66.4 cm³/mol. The number of carbonyl (C=O) groups excluding carboxylic acids is 1. The van der Waals surface area contributed by atoms with Crippen LogP contribution in [0.3, 0.4) is 0 Å². The Morgan fingerprint density at radius 3 is 2.94 bits per heavy atom. The number of hydrogen-bond donors (Lipinski definition) is 2. The Morgan fingerprint density at radius 2 is 2.38 bits per heavy atom. The number of carbonyl (C=O) groups is 1. The second-order valence-electron chi connectivity index (χ2n) is 3.78. The highest BCUT2D eigenvalue weighted by molar-refractivity contribution is 6.30. The summed E-state index contributed by atoms with van der Waals surface area (Å²) in [4.78, 5) is 16.8. The summed E-state index contributed by atoms with van der Waals surface area (Å²) in [5, 5.41) is 3.82. The smallest absolute Gasteiger partial charge is 0.270 e. The molecule has 1 atom stereocenters. The van der Waals surface area contributed by atoms with E-state index in [1.54, 1.807) is 12.3 Å². The fourth-order valence-corrected chi connectivity index (χ4v) is 1.95. The molecule has 0 aliphatic carbocycles. The molecular weight excluding hydrogens is 249 g/mol. The lowest BCUT2D eigenvalue weighted by Crippen LogP contribution is -2.52. The highest BCUT2D eigenvalue weighted by atomic mass is 35.5. The number of halogens is 2. The van der Waals surface area contributed by atoms with Gasteiger partial charge in [0.05, 0.1) is 5.02 Å². The third-order valence-corrected chi connectivity index (χ3v) is 2.86. The van der Waals surface area contributed by atoms with Crippen molar-refractivity contribution in [1.82, 2.24) is 15.2 Å². The van der Waals surface area contributed by atoms with Gasteiger partial charge in [-0.2, -0.15) is 0 Å². The molecule has 90 valence electrons. The molecule has 16 heavy (non-hydrogen) atoms. The second-order valence-corrected chi connectivity index (χ2v) is 4.22. The van der Waals surface area contributed by atoms with E-state index in [0.29, 0.717) is 10.7 Å². The molecule has 0 saturated carbocycles. The average Bonchev–Trinajstić information content (AvgIpc) is 2.65. The number of hydrogen-bond acceptors (Lipinski definition) is 2. The molecule has 2 rings (SSSR count). The number of nitrogens with one attached hydrogen (secondary N) is 2. The average molecular weight is 264 g/mol. The summed E-state index contributed by atoms with van der Waals surface area (Å²) in [6.07, 6.45) is 1.63. The van der Waals surface area contributed by atoms with Crippen molar-refractivity contribution in [1.29, 1.82) is 0 Å². The first-order chi connectivity index (χ1) is 7.18. The van der Waals surface area contributed by atoms with E-state index in [-0.39, 0.29) is 24.4 Å². The van der Waals surface area contributed by atoms with Crippen LogP contribution in [0.2, 0.25) is 5.02 Å². The van der Waals surface area contributed by atoms with E-state index in [4.69, 9.17) is 11.6 Å². The van der Waals surface area contributed by atoms with Gasteiger partial charge < -0.3 is 15.2 Å². The van der Waals surface area contributed by atoms with Gasteiger partial charge in [0.1, 0.15) is 5.69 Å². The molecule has 1 saturated heterocycles. The number of amides is 1. The first-order valence-electron chi connectivity index (χ1n) is 5.04. The minimum Gasteiger partial charge on any atom is -0.356 e. The van der Waals surface area contributed by atoms with Crippen LogP contribution in [0.1, 0.15) is 17.4 Å². The zero-order chi connectivity index (χ0) is 10.8. The molecule has 1 fully saturated rings. The van der Waals surface area contributed by atoms with Gasteiger partial charge in [0.2, 0.25) is 0 Å². The van der Waals surface area contributed by atoms with Gasteiger partial charge in [-0.15, -0.1) is 12.4 Å². The van der Waals surface area contributed by atoms with Crippen LogP contribution < -0.4 is 5.32 Å². The number of piperazine rings is 1. The van der Waals surface area contributed by atoms with Gasteiger partial charge in [0.15, 0.2) is 0 Å². The van der Waals surface area contributed by atoms with Crippen LogP contribution in [-0.2, 0) is 0 Å². The fraction of sp³-hybridized carbons (Fsp3) is 0.500. The van der Waals surface area contributed by atoms with Gasteiger partial charge in [0.25, 0.3) is 5.91 Å². The molecule has 0 radical (unpaired) electrons. The van der Waals surface area contributed by atoms with Gasteiger partial charge in [-0.05, 0) is 13.0 Å². The van der Waals surface area contributed by atoms with E-state index in [1.165, 1.54) is 0 Å². The lowest BCUT2D eigenvalue weighted by Gasteiger charge is -2.33. The van der Waals surface area contributed by atoms with Crippen LogP contribution >= 0.6 is 24.0 Å². The maximum Gasteiger partial charge on any atom is 0.270 e. The first kappa shape index (κ1) is 13.4. The molecule has 0 unspecified atom stereocenters. The molecule has 0 aromatic carbocycles. The standard InChI is InChI=1S/C10H14ClN3O.ClH/c1-7-5-12-2-3-14(7)10(15)9-4-8(11)6-13-9;/h4,6-7,12-13H,2-3,5H2,1H3;1H/t7-;/m1./s1. The quantitative estimate of drug-likeness (QED) is 0.808. The molecule has 0 spiro atoms. The van der Waals surface area contributed by atoms with Crippen LogP contribution in [-0.4, -0.2) is 41.5 Å². The van der Waals surface area contributed by atoms with Gasteiger partial charge in [-0.3, -0.25) is 4.79 Å². The molecule has 2 heterocycles. The highest BCUT2D eigenvalue weighted by Crippen LogP contribution is 2.13. The number of H-pyrrole nitrogens is 1. The van der Waals surface area contributed by atoms with Crippen LogP contribution in [0.15, 0.2) is 12.3 Å². The Morgan fingerprint density at radius 1 is 1.62 bits per heavy atom. The Bertz CT molecular complexity index is 367. The Labute approximate surface area is 106 Å². The minimum atomic E-state index is 0. The van der Waals surface area contributed by atoms with Crippen LogP contribution in [0, 0.1) is 0 Å². The fourth-order valence-electron chi connectivity index (χ4n) is 1.79. The van der Waals surface area contributed by atoms with E-state index in [1.807, 2.05) is 11.8 Å². The molecule has 1 amide bonds. The Balaban J connectivity index is 0.00000128. The summed E-state index contributed by atoms with van der Waals surface area (Å²) in [5.74, 6) is 0.0240. The first-order valence-corrected chi connectivity index (χ1v) is 5.42. The maximum atomic E-state index is 12.0. The summed E-state index contributed by atoms with van der Waals surface area (Å²) in [5.41, 5.74) is 0.564. The van der Waals surface area contributed by atoms with Gasteiger partial charge in [-0.25, -0.2) is 0 Å². The summed E-state index contributed by atoms with van der Waals surface area (Å²) < 4.78 is 0. The molecule has 0 bridgehead atoms. The van der Waals surface area contributed by atoms with Crippen molar-refractivity contribution >= 4 is 29.9 Å². The largest absolute Gasteiger partial charge is 0.356 e. The highest BCUT2D eigenvalue weighted by Gasteiger charge is 2.24. The SMILES string of the molecule is C[C@@H]1CNCCN1C(=O)c1cc(Cl)c[nH]1.Cl. The molecule has 1 aliphatic rings. The predicted octanol–water partition coefficient (Wildman–Crippen LogP) is 1.52. The molecule has 1 aromatic rings.